The number of hydrogen-bond acceptors (Lipinski definition) is 2. The van der Waals surface area contributed by atoms with Gasteiger partial charge in [0.2, 0.25) is 0 Å². The Kier molecular flexibility index (Phi) is 5.29. The molecule has 0 saturated heterocycles. The fraction of sp³-hybridized carbons (Fsp3) is 0.333. The Labute approximate surface area is 106 Å². The zero-order valence-electron chi connectivity index (χ0n) is 9.26. The van der Waals surface area contributed by atoms with E-state index in [2.05, 4.69) is 12.0 Å². The number of hydrogen-bond donors (Lipinski definition) is 2. The molecular formula is C12H16Cl2N2. The Hall–Kier alpha value is -0.540. The Morgan fingerprint density at radius 1 is 1.44 bits per heavy atom. The van der Waals surface area contributed by atoms with Gasteiger partial charge in [-0.3, -0.25) is 11.3 Å². The van der Waals surface area contributed by atoms with Crippen molar-refractivity contribution in [2.45, 2.75) is 25.8 Å². The zero-order valence-corrected chi connectivity index (χ0v) is 10.8. The summed E-state index contributed by atoms with van der Waals surface area (Å²) in [5.74, 6) is 5.53. The predicted molar refractivity (Wildman–Crippen MR) is 70.6 cm³/mol. The van der Waals surface area contributed by atoms with Gasteiger partial charge in [-0.2, -0.15) is 0 Å². The molecule has 1 atom stereocenters. The van der Waals surface area contributed by atoms with E-state index >= 15 is 0 Å². The Morgan fingerprint density at radius 2 is 2.00 bits per heavy atom. The average Bonchev–Trinajstić information content (AvgIpc) is 2.22. The summed E-state index contributed by atoms with van der Waals surface area (Å²) >= 11 is 12.2. The number of allylic oxidation sites excluding steroid dienone is 1. The van der Waals surface area contributed by atoms with Gasteiger partial charge in [-0.05, 0) is 31.9 Å². The first-order chi connectivity index (χ1) is 7.56. The van der Waals surface area contributed by atoms with Crippen LogP contribution in [0.15, 0.2) is 30.4 Å². The molecule has 1 aromatic carbocycles. The normalized spacial score (nSPS) is 12.5. The lowest BCUT2D eigenvalue weighted by atomic mass is 10.0. The maximum absolute atomic E-state index is 6.12. The molecule has 0 amide bonds. The SMILES string of the molecule is C=C(C)CCC(NN)c1c(Cl)cccc1Cl. The number of nitrogens with one attached hydrogen (secondary N) is 1. The lowest BCUT2D eigenvalue weighted by molar-refractivity contribution is 0.516. The molecule has 16 heavy (non-hydrogen) atoms. The van der Waals surface area contributed by atoms with Crippen LogP contribution in [0.4, 0.5) is 0 Å². The van der Waals surface area contributed by atoms with E-state index in [1.54, 1.807) is 0 Å². The van der Waals surface area contributed by atoms with Crippen molar-refractivity contribution in [1.29, 1.82) is 0 Å². The first kappa shape index (κ1) is 13.5. The van der Waals surface area contributed by atoms with E-state index < -0.39 is 0 Å². The quantitative estimate of drug-likeness (QED) is 0.478. The van der Waals surface area contributed by atoms with Gasteiger partial charge >= 0.3 is 0 Å². The van der Waals surface area contributed by atoms with Gasteiger partial charge in [0.15, 0.2) is 0 Å². The molecule has 0 aliphatic carbocycles. The van der Waals surface area contributed by atoms with Crippen molar-refractivity contribution >= 4 is 23.2 Å². The molecule has 0 bridgehead atoms. The minimum absolute atomic E-state index is 0.0436. The molecular weight excluding hydrogens is 243 g/mol. The molecule has 0 aliphatic rings. The van der Waals surface area contributed by atoms with Crippen molar-refractivity contribution in [2.24, 2.45) is 5.84 Å². The third kappa shape index (κ3) is 3.49. The van der Waals surface area contributed by atoms with Crippen molar-refractivity contribution in [3.63, 3.8) is 0 Å². The van der Waals surface area contributed by atoms with Crippen LogP contribution >= 0.6 is 23.2 Å². The summed E-state index contributed by atoms with van der Waals surface area (Å²) in [6, 6.07) is 5.40. The van der Waals surface area contributed by atoms with Crippen LogP contribution in [-0.2, 0) is 0 Å². The van der Waals surface area contributed by atoms with Crippen LogP contribution in [0.2, 0.25) is 10.0 Å². The summed E-state index contributed by atoms with van der Waals surface area (Å²) in [7, 11) is 0. The van der Waals surface area contributed by atoms with E-state index in [4.69, 9.17) is 29.0 Å². The third-order valence-electron chi connectivity index (χ3n) is 2.41. The summed E-state index contributed by atoms with van der Waals surface area (Å²) in [5, 5.41) is 1.27. The second-order valence-corrected chi connectivity index (χ2v) is 4.66. The number of nitrogens with two attached hydrogens (primary N) is 1. The Morgan fingerprint density at radius 3 is 2.44 bits per heavy atom. The van der Waals surface area contributed by atoms with Crippen molar-refractivity contribution in [1.82, 2.24) is 5.43 Å². The third-order valence-corrected chi connectivity index (χ3v) is 3.07. The molecule has 0 spiro atoms. The molecule has 0 heterocycles. The largest absolute Gasteiger partial charge is 0.271 e. The van der Waals surface area contributed by atoms with Gasteiger partial charge < -0.3 is 0 Å². The van der Waals surface area contributed by atoms with E-state index in [-0.39, 0.29) is 6.04 Å². The van der Waals surface area contributed by atoms with Crippen molar-refractivity contribution in [2.75, 3.05) is 0 Å². The van der Waals surface area contributed by atoms with E-state index in [9.17, 15) is 0 Å². The van der Waals surface area contributed by atoms with Gasteiger partial charge in [0.05, 0.1) is 0 Å². The molecule has 1 aromatic rings. The molecule has 2 nitrogen and oxygen atoms in total. The van der Waals surface area contributed by atoms with E-state index in [1.807, 2.05) is 25.1 Å². The van der Waals surface area contributed by atoms with Crippen LogP contribution in [0.5, 0.6) is 0 Å². The second kappa shape index (κ2) is 6.26. The summed E-state index contributed by atoms with van der Waals surface area (Å²) in [4.78, 5) is 0. The minimum Gasteiger partial charge on any atom is -0.271 e. The highest BCUT2D eigenvalue weighted by Gasteiger charge is 2.16. The fourth-order valence-electron chi connectivity index (χ4n) is 1.55. The smallest absolute Gasteiger partial charge is 0.0492 e. The number of benzene rings is 1. The summed E-state index contributed by atoms with van der Waals surface area (Å²) < 4.78 is 0. The maximum atomic E-state index is 6.12. The van der Waals surface area contributed by atoms with Crippen molar-refractivity contribution in [3.8, 4) is 0 Å². The molecule has 1 rings (SSSR count). The molecule has 0 aromatic heterocycles. The lowest BCUT2D eigenvalue weighted by Gasteiger charge is -2.19. The van der Waals surface area contributed by atoms with Crippen molar-refractivity contribution in [3.05, 3.63) is 46.0 Å². The van der Waals surface area contributed by atoms with Crippen LogP contribution < -0.4 is 11.3 Å². The second-order valence-electron chi connectivity index (χ2n) is 3.85. The van der Waals surface area contributed by atoms with Crippen molar-refractivity contribution < 1.29 is 0 Å². The van der Waals surface area contributed by atoms with Gasteiger partial charge in [-0.15, -0.1) is 6.58 Å². The summed E-state index contributed by atoms with van der Waals surface area (Å²) in [6.45, 7) is 5.85. The molecule has 1 unspecified atom stereocenters. The van der Waals surface area contributed by atoms with E-state index in [0.29, 0.717) is 10.0 Å². The number of hydrazine groups is 1. The Balaban J connectivity index is 2.90. The molecule has 88 valence electrons. The van der Waals surface area contributed by atoms with Gasteiger partial charge in [0.25, 0.3) is 0 Å². The van der Waals surface area contributed by atoms with Crippen LogP contribution in [0.3, 0.4) is 0 Å². The molecule has 0 aliphatic heterocycles. The van der Waals surface area contributed by atoms with Crippen LogP contribution in [0.25, 0.3) is 0 Å². The highest BCUT2D eigenvalue weighted by molar-refractivity contribution is 6.36. The molecule has 0 radical (unpaired) electrons. The minimum atomic E-state index is -0.0436. The Bertz CT molecular complexity index is 357. The van der Waals surface area contributed by atoms with Gasteiger partial charge in [0, 0.05) is 21.7 Å². The number of rotatable bonds is 5. The zero-order chi connectivity index (χ0) is 12.1. The molecule has 4 heteroatoms. The lowest BCUT2D eigenvalue weighted by Crippen LogP contribution is -2.28. The highest BCUT2D eigenvalue weighted by Crippen LogP contribution is 2.32. The average molecular weight is 259 g/mol. The number of halogens is 2. The highest BCUT2D eigenvalue weighted by atomic mass is 35.5. The van der Waals surface area contributed by atoms with Gasteiger partial charge in [0.1, 0.15) is 0 Å². The molecule has 3 N–H and O–H groups in total. The van der Waals surface area contributed by atoms with Crippen LogP contribution in [-0.4, -0.2) is 0 Å². The first-order valence-electron chi connectivity index (χ1n) is 5.10. The van der Waals surface area contributed by atoms with Gasteiger partial charge in [-0.1, -0.05) is 34.8 Å². The van der Waals surface area contributed by atoms with Crippen LogP contribution in [0, 0.1) is 0 Å². The topological polar surface area (TPSA) is 38.0 Å². The van der Waals surface area contributed by atoms with Gasteiger partial charge in [-0.25, -0.2) is 0 Å². The summed E-state index contributed by atoms with van der Waals surface area (Å²) in [6.07, 6.45) is 1.71. The first-order valence-corrected chi connectivity index (χ1v) is 5.86. The van der Waals surface area contributed by atoms with E-state index in [1.165, 1.54) is 0 Å². The predicted octanol–water partition coefficient (Wildman–Crippen LogP) is 3.85. The molecule has 0 fully saturated rings. The standard InChI is InChI=1S/C12H16Cl2N2/c1-8(2)6-7-11(16-15)12-9(13)4-3-5-10(12)14/h3-5,11,16H,1,6-7,15H2,2H3. The van der Waals surface area contributed by atoms with E-state index in [0.717, 1.165) is 24.0 Å². The monoisotopic (exact) mass is 258 g/mol. The molecule has 0 saturated carbocycles. The van der Waals surface area contributed by atoms with Crippen LogP contribution in [0.1, 0.15) is 31.4 Å². The maximum Gasteiger partial charge on any atom is 0.0492 e. The fourth-order valence-corrected chi connectivity index (χ4v) is 2.21. The summed E-state index contributed by atoms with van der Waals surface area (Å²) in [5.41, 5.74) is 4.72.